The van der Waals surface area contributed by atoms with Gasteiger partial charge in [-0.15, -0.1) is 0 Å². The second kappa shape index (κ2) is 4.85. The summed E-state index contributed by atoms with van der Waals surface area (Å²) in [5.41, 5.74) is 0.272. The van der Waals surface area contributed by atoms with Gasteiger partial charge in [-0.3, -0.25) is 0 Å². The molecular weight excluding hydrogens is 202 g/mol. The Labute approximate surface area is 96.4 Å². The standard InChI is InChI=1S/C13H19NO2/c1-13(7-8-13)14-9-11(15)10-16-12-5-3-2-4-6-12/h2-6,11,14-15H,7-10H2,1H3. The minimum absolute atomic E-state index is 0.272. The molecule has 1 aliphatic carbocycles. The molecule has 88 valence electrons. The topological polar surface area (TPSA) is 41.5 Å². The smallest absolute Gasteiger partial charge is 0.119 e. The summed E-state index contributed by atoms with van der Waals surface area (Å²) in [4.78, 5) is 0. The maximum absolute atomic E-state index is 9.71. The minimum Gasteiger partial charge on any atom is -0.491 e. The molecule has 2 N–H and O–H groups in total. The van der Waals surface area contributed by atoms with Gasteiger partial charge in [0, 0.05) is 12.1 Å². The first-order valence-corrected chi connectivity index (χ1v) is 5.79. The first-order chi connectivity index (χ1) is 7.68. The summed E-state index contributed by atoms with van der Waals surface area (Å²) >= 11 is 0. The molecule has 0 bridgehead atoms. The van der Waals surface area contributed by atoms with E-state index >= 15 is 0 Å². The van der Waals surface area contributed by atoms with Crippen LogP contribution in [0.15, 0.2) is 30.3 Å². The van der Waals surface area contributed by atoms with Gasteiger partial charge in [0.25, 0.3) is 0 Å². The number of hydrogen-bond donors (Lipinski definition) is 2. The third-order valence-corrected chi connectivity index (χ3v) is 2.95. The van der Waals surface area contributed by atoms with E-state index in [-0.39, 0.29) is 5.54 Å². The molecule has 16 heavy (non-hydrogen) atoms. The molecule has 0 aliphatic heterocycles. The van der Waals surface area contributed by atoms with Crippen molar-refractivity contribution in [3.8, 4) is 5.75 Å². The lowest BCUT2D eigenvalue weighted by atomic mass is 10.3. The van der Waals surface area contributed by atoms with E-state index in [1.54, 1.807) is 0 Å². The van der Waals surface area contributed by atoms with Crippen LogP contribution in [0.25, 0.3) is 0 Å². The van der Waals surface area contributed by atoms with Crippen molar-refractivity contribution in [1.29, 1.82) is 0 Å². The summed E-state index contributed by atoms with van der Waals surface area (Å²) in [6.45, 7) is 3.12. The molecule has 0 spiro atoms. The van der Waals surface area contributed by atoms with Gasteiger partial charge in [0.1, 0.15) is 18.5 Å². The Balaban J connectivity index is 1.65. The number of ether oxygens (including phenoxy) is 1. The fourth-order valence-electron chi connectivity index (χ4n) is 1.50. The van der Waals surface area contributed by atoms with Crippen molar-refractivity contribution >= 4 is 0 Å². The highest BCUT2D eigenvalue weighted by Crippen LogP contribution is 2.33. The van der Waals surface area contributed by atoms with Gasteiger partial charge in [-0.25, -0.2) is 0 Å². The lowest BCUT2D eigenvalue weighted by Gasteiger charge is -2.16. The lowest BCUT2D eigenvalue weighted by Crippen LogP contribution is -2.37. The molecule has 1 unspecified atom stereocenters. The van der Waals surface area contributed by atoms with Crippen LogP contribution in [0.4, 0.5) is 0 Å². The number of aliphatic hydroxyl groups excluding tert-OH is 1. The highest BCUT2D eigenvalue weighted by molar-refractivity contribution is 5.20. The van der Waals surface area contributed by atoms with Crippen LogP contribution in [0.2, 0.25) is 0 Å². The van der Waals surface area contributed by atoms with Crippen LogP contribution < -0.4 is 10.1 Å². The van der Waals surface area contributed by atoms with Crippen LogP contribution in [0.5, 0.6) is 5.75 Å². The van der Waals surface area contributed by atoms with Gasteiger partial charge >= 0.3 is 0 Å². The van der Waals surface area contributed by atoms with Crippen LogP contribution in [0, 0.1) is 0 Å². The molecule has 0 radical (unpaired) electrons. The zero-order valence-corrected chi connectivity index (χ0v) is 9.65. The van der Waals surface area contributed by atoms with Crippen LogP contribution in [0.3, 0.4) is 0 Å². The van der Waals surface area contributed by atoms with Crippen molar-refractivity contribution in [2.75, 3.05) is 13.2 Å². The highest BCUT2D eigenvalue weighted by atomic mass is 16.5. The minimum atomic E-state index is -0.447. The monoisotopic (exact) mass is 221 g/mol. The van der Waals surface area contributed by atoms with Crippen molar-refractivity contribution in [2.24, 2.45) is 0 Å². The van der Waals surface area contributed by atoms with Crippen LogP contribution >= 0.6 is 0 Å². The number of para-hydroxylation sites is 1. The van der Waals surface area contributed by atoms with Gasteiger partial charge in [0.15, 0.2) is 0 Å². The average Bonchev–Trinajstić information content (AvgIpc) is 3.04. The Bertz CT molecular complexity index is 322. The zero-order chi connectivity index (χ0) is 11.4. The van der Waals surface area contributed by atoms with E-state index in [1.807, 2.05) is 30.3 Å². The van der Waals surface area contributed by atoms with E-state index in [0.717, 1.165) is 5.75 Å². The summed E-state index contributed by atoms with van der Waals surface area (Å²) in [7, 11) is 0. The predicted molar refractivity (Wildman–Crippen MR) is 63.6 cm³/mol. The molecular formula is C13H19NO2. The van der Waals surface area contributed by atoms with Crippen LogP contribution in [-0.4, -0.2) is 29.9 Å². The summed E-state index contributed by atoms with van der Waals surface area (Å²) < 4.78 is 5.46. The highest BCUT2D eigenvalue weighted by Gasteiger charge is 2.36. The molecule has 1 fully saturated rings. The van der Waals surface area contributed by atoms with Gasteiger partial charge < -0.3 is 15.2 Å². The normalized spacial score (nSPS) is 19.1. The first-order valence-electron chi connectivity index (χ1n) is 5.79. The average molecular weight is 221 g/mol. The van der Waals surface area contributed by atoms with Crippen molar-refractivity contribution < 1.29 is 9.84 Å². The molecule has 0 heterocycles. The molecule has 1 aliphatic rings. The van der Waals surface area contributed by atoms with E-state index in [2.05, 4.69) is 12.2 Å². The number of aliphatic hydroxyl groups is 1. The Morgan fingerprint density at radius 1 is 1.38 bits per heavy atom. The maximum atomic E-state index is 9.71. The summed E-state index contributed by atoms with van der Waals surface area (Å²) in [6.07, 6.45) is 1.97. The van der Waals surface area contributed by atoms with Crippen molar-refractivity contribution in [3.63, 3.8) is 0 Å². The second-order valence-electron chi connectivity index (χ2n) is 4.72. The van der Waals surface area contributed by atoms with Crippen molar-refractivity contribution in [3.05, 3.63) is 30.3 Å². The molecule has 1 atom stereocenters. The second-order valence-corrected chi connectivity index (χ2v) is 4.72. The third-order valence-electron chi connectivity index (χ3n) is 2.95. The maximum Gasteiger partial charge on any atom is 0.119 e. The fourth-order valence-corrected chi connectivity index (χ4v) is 1.50. The zero-order valence-electron chi connectivity index (χ0n) is 9.65. The molecule has 2 rings (SSSR count). The van der Waals surface area contributed by atoms with Crippen molar-refractivity contribution in [2.45, 2.75) is 31.4 Å². The molecule has 1 aromatic rings. The van der Waals surface area contributed by atoms with E-state index in [0.29, 0.717) is 13.2 Å². The summed E-state index contributed by atoms with van der Waals surface area (Å²) in [5.74, 6) is 0.805. The van der Waals surface area contributed by atoms with E-state index in [4.69, 9.17) is 4.74 Å². The molecule has 0 amide bonds. The van der Waals surface area contributed by atoms with E-state index < -0.39 is 6.10 Å². The molecule has 1 saturated carbocycles. The quantitative estimate of drug-likeness (QED) is 0.766. The molecule has 1 aromatic carbocycles. The Hall–Kier alpha value is -1.06. The Kier molecular flexibility index (Phi) is 3.46. The Morgan fingerprint density at radius 3 is 2.69 bits per heavy atom. The number of hydrogen-bond acceptors (Lipinski definition) is 3. The largest absolute Gasteiger partial charge is 0.491 e. The first kappa shape index (κ1) is 11.4. The lowest BCUT2D eigenvalue weighted by molar-refractivity contribution is 0.103. The predicted octanol–water partition coefficient (Wildman–Crippen LogP) is 1.57. The molecule has 0 aromatic heterocycles. The van der Waals surface area contributed by atoms with Gasteiger partial charge in [-0.1, -0.05) is 18.2 Å². The molecule has 3 nitrogen and oxygen atoms in total. The number of β-amino-alcohol motifs (C(OH)–C–C–N with tert-alkyl or cyclic N) is 1. The van der Waals surface area contributed by atoms with E-state index in [1.165, 1.54) is 12.8 Å². The van der Waals surface area contributed by atoms with Crippen LogP contribution in [0.1, 0.15) is 19.8 Å². The van der Waals surface area contributed by atoms with E-state index in [9.17, 15) is 5.11 Å². The Morgan fingerprint density at radius 2 is 2.06 bits per heavy atom. The van der Waals surface area contributed by atoms with Gasteiger partial charge in [0.05, 0.1) is 0 Å². The SMILES string of the molecule is CC1(NCC(O)COc2ccccc2)CC1. The summed E-state index contributed by atoms with van der Waals surface area (Å²) in [6, 6.07) is 9.57. The number of nitrogens with one attached hydrogen (secondary N) is 1. The summed E-state index contributed by atoms with van der Waals surface area (Å²) in [5, 5.41) is 13.1. The van der Waals surface area contributed by atoms with Gasteiger partial charge in [-0.05, 0) is 31.9 Å². The third kappa shape index (κ3) is 3.51. The van der Waals surface area contributed by atoms with Gasteiger partial charge in [0.2, 0.25) is 0 Å². The fraction of sp³-hybridized carbons (Fsp3) is 0.538. The molecule has 0 saturated heterocycles. The van der Waals surface area contributed by atoms with Crippen LogP contribution in [-0.2, 0) is 0 Å². The molecule has 3 heteroatoms. The van der Waals surface area contributed by atoms with Crippen molar-refractivity contribution in [1.82, 2.24) is 5.32 Å². The van der Waals surface area contributed by atoms with Gasteiger partial charge in [-0.2, -0.15) is 0 Å². The number of rotatable bonds is 6. The number of benzene rings is 1.